The van der Waals surface area contributed by atoms with Crippen molar-refractivity contribution in [3.05, 3.63) is 72.2 Å². The van der Waals surface area contributed by atoms with Crippen molar-refractivity contribution in [1.29, 1.82) is 0 Å². The Morgan fingerprint density at radius 2 is 1.67 bits per heavy atom. The standard InChI is InChI=1S/C17H15.Zr/c1-12-11-17-15(13(12)2)9-6-10-16(17)14-7-4-3-5-8-14;/h3-11,13H,2H2,1H3;/q-1;. The Morgan fingerprint density at radius 3 is 2.39 bits per heavy atom. The molecule has 18 heavy (non-hydrogen) atoms. The summed E-state index contributed by atoms with van der Waals surface area (Å²) < 4.78 is 0. The smallest absolute Gasteiger partial charge is 0 e. The van der Waals surface area contributed by atoms with Gasteiger partial charge in [-0.3, -0.25) is 0 Å². The molecule has 1 unspecified atom stereocenters. The third-order valence-corrected chi connectivity index (χ3v) is 3.52. The van der Waals surface area contributed by atoms with Crippen LogP contribution in [0.5, 0.6) is 0 Å². The molecular formula is C17H15Zr-. The minimum atomic E-state index is 0. The summed E-state index contributed by atoms with van der Waals surface area (Å²) in [5.74, 6) is 0.314. The molecule has 2 aromatic rings. The average molecular weight is 311 g/mol. The summed E-state index contributed by atoms with van der Waals surface area (Å²) in [4.78, 5) is 0. The zero-order chi connectivity index (χ0) is 11.8. The van der Waals surface area contributed by atoms with E-state index in [-0.39, 0.29) is 26.2 Å². The molecule has 0 radical (unpaired) electrons. The predicted molar refractivity (Wildman–Crippen MR) is 73.6 cm³/mol. The van der Waals surface area contributed by atoms with Crippen molar-refractivity contribution in [3.8, 4) is 11.1 Å². The third-order valence-electron chi connectivity index (χ3n) is 3.52. The van der Waals surface area contributed by atoms with Crippen molar-refractivity contribution < 1.29 is 26.2 Å². The fourth-order valence-corrected chi connectivity index (χ4v) is 2.49. The molecule has 0 nitrogen and oxygen atoms in total. The van der Waals surface area contributed by atoms with Crippen molar-refractivity contribution in [1.82, 2.24) is 0 Å². The van der Waals surface area contributed by atoms with Crippen LogP contribution in [-0.2, 0) is 26.2 Å². The zero-order valence-electron chi connectivity index (χ0n) is 10.5. The van der Waals surface area contributed by atoms with E-state index in [9.17, 15) is 0 Å². The van der Waals surface area contributed by atoms with E-state index in [0.717, 1.165) is 0 Å². The Labute approximate surface area is 128 Å². The maximum atomic E-state index is 4.23. The molecule has 0 N–H and O–H groups in total. The second kappa shape index (κ2) is 5.37. The van der Waals surface area contributed by atoms with Crippen LogP contribution in [0.3, 0.4) is 0 Å². The van der Waals surface area contributed by atoms with Crippen LogP contribution >= 0.6 is 0 Å². The van der Waals surface area contributed by atoms with E-state index in [0.29, 0.717) is 5.92 Å². The minimum Gasteiger partial charge on any atom is -0.332 e. The molecule has 1 atom stereocenters. The van der Waals surface area contributed by atoms with Crippen LogP contribution in [0.2, 0.25) is 0 Å². The van der Waals surface area contributed by atoms with Crippen molar-refractivity contribution in [3.63, 3.8) is 0 Å². The number of fused-ring (bicyclic) bond motifs is 1. The second-order valence-electron chi connectivity index (χ2n) is 4.62. The largest absolute Gasteiger partial charge is 0.332 e. The Kier molecular flexibility index (Phi) is 4.02. The molecule has 0 heterocycles. The van der Waals surface area contributed by atoms with E-state index in [2.05, 4.69) is 68.5 Å². The quantitative estimate of drug-likeness (QED) is 0.671. The van der Waals surface area contributed by atoms with Gasteiger partial charge in [-0.25, -0.2) is 0 Å². The van der Waals surface area contributed by atoms with E-state index in [1.54, 1.807) is 0 Å². The van der Waals surface area contributed by atoms with E-state index < -0.39 is 0 Å². The van der Waals surface area contributed by atoms with Crippen LogP contribution in [0.25, 0.3) is 17.2 Å². The molecule has 88 valence electrons. The molecule has 0 saturated carbocycles. The van der Waals surface area contributed by atoms with Crippen LogP contribution in [0.1, 0.15) is 24.0 Å². The van der Waals surface area contributed by atoms with Crippen LogP contribution in [0, 0.1) is 6.92 Å². The molecule has 0 aliphatic heterocycles. The van der Waals surface area contributed by atoms with Gasteiger partial charge in [0.15, 0.2) is 0 Å². The van der Waals surface area contributed by atoms with Crippen LogP contribution < -0.4 is 0 Å². The Bertz CT molecular complexity index is 582. The van der Waals surface area contributed by atoms with Crippen LogP contribution in [0.15, 0.2) is 54.1 Å². The summed E-state index contributed by atoms with van der Waals surface area (Å²) in [5, 5.41) is 0. The van der Waals surface area contributed by atoms with Crippen molar-refractivity contribution in [2.75, 3.05) is 0 Å². The first-order valence-corrected chi connectivity index (χ1v) is 5.97. The van der Waals surface area contributed by atoms with E-state index >= 15 is 0 Å². The maximum absolute atomic E-state index is 4.23. The first-order valence-electron chi connectivity index (χ1n) is 5.97. The van der Waals surface area contributed by atoms with E-state index in [1.807, 2.05) is 0 Å². The van der Waals surface area contributed by atoms with Gasteiger partial charge >= 0.3 is 0 Å². The molecular weight excluding hydrogens is 295 g/mol. The van der Waals surface area contributed by atoms with Gasteiger partial charge in [-0.15, -0.1) is 5.92 Å². The van der Waals surface area contributed by atoms with Crippen molar-refractivity contribution >= 4 is 6.08 Å². The van der Waals surface area contributed by atoms with Crippen LogP contribution in [0.4, 0.5) is 0 Å². The van der Waals surface area contributed by atoms with E-state index in [1.165, 1.54) is 27.8 Å². The summed E-state index contributed by atoms with van der Waals surface area (Å²) in [5.41, 5.74) is 6.64. The number of hydrogen-bond acceptors (Lipinski definition) is 0. The third kappa shape index (κ3) is 2.17. The first kappa shape index (κ1) is 13.5. The van der Waals surface area contributed by atoms with Gasteiger partial charge in [-0.1, -0.05) is 65.7 Å². The second-order valence-corrected chi connectivity index (χ2v) is 4.62. The minimum absolute atomic E-state index is 0. The summed E-state index contributed by atoms with van der Waals surface area (Å²) >= 11 is 0. The average Bonchev–Trinajstić information content (AvgIpc) is 2.67. The normalized spacial score (nSPS) is 16.8. The van der Waals surface area contributed by atoms with Gasteiger partial charge in [0.05, 0.1) is 0 Å². The summed E-state index contributed by atoms with van der Waals surface area (Å²) in [6, 6.07) is 17.1. The van der Waals surface area contributed by atoms with Gasteiger partial charge in [-0.2, -0.15) is 0 Å². The Hall–Kier alpha value is -0.937. The monoisotopic (exact) mass is 309 g/mol. The predicted octanol–water partition coefficient (Wildman–Crippen LogP) is 4.69. The Balaban J connectivity index is 0.00000120. The molecule has 1 aliphatic carbocycles. The van der Waals surface area contributed by atoms with E-state index in [4.69, 9.17) is 0 Å². The number of rotatable bonds is 1. The molecule has 3 rings (SSSR count). The molecule has 0 amide bonds. The number of benzene rings is 2. The van der Waals surface area contributed by atoms with Crippen LogP contribution in [-0.4, -0.2) is 0 Å². The molecule has 0 spiro atoms. The first-order chi connectivity index (χ1) is 8.27. The summed E-state index contributed by atoms with van der Waals surface area (Å²) in [6.07, 6.45) is 2.27. The molecule has 2 aromatic carbocycles. The summed E-state index contributed by atoms with van der Waals surface area (Å²) in [7, 11) is 0. The molecule has 0 fully saturated rings. The maximum Gasteiger partial charge on any atom is 0 e. The van der Waals surface area contributed by atoms with Gasteiger partial charge in [0.1, 0.15) is 0 Å². The summed E-state index contributed by atoms with van der Waals surface area (Å²) in [6.45, 7) is 6.39. The topological polar surface area (TPSA) is 0 Å². The SMILES string of the molecule is [CH2-]C1C(C)=Cc2c(-c3ccccc3)cccc21.[Zr]. The Morgan fingerprint density at radius 1 is 0.944 bits per heavy atom. The van der Waals surface area contributed by atoms with Gasteiger partial charge < -0.3 is 6.92 Å². The molecule has 0 saturated heterocycles. The fraction of sp³-hybridized carbons (Fsp3) is 0.118. The van der Waals surface area contributed by atoms with Gasteiger partial charge in [0, 0.05) is 26.2 Å². The van der Waals surface area contributed by atoms with Gasteiger partial charge in [0.2, 0.25) is 0 Å². The fourth-order valence-electron chi connectivity index (χ4n) is 2.49. The zero-order valence-corrected chi connectivity index (χ0v) is 12.9. The van der Waals surface area contributed by atoms with Crippen molar-refractivity contribution in [2.45, 2.75) is 12.8 Å². The molecule has 1 heteroatoms. The van der Waals surface area contributed by atoms with Gasteiger partial charge in [0.25, 0.3) is 0 Å². The number of hydrogen-bond donors (Lipinski definition) is 0. The number of allylic oxidation sites excluding steroid dienone is 1. The molecule has 0 bridgehead atoms. The molecule has 1 aliphatic rings. The van der Waals surface area contributed by atoms with Gasteiger partial charge in [-0.05, 0) is 23.6 Å². The van der Waals surface area contributed by atoms with Crippen molar-refractivity contribution in [2.24, 2.45) is 0 Å². The molecule has 0 aromatic heterocycles.